The summed E-state index contributed by atoms with van der Waals surface area (Å²) in [7, 11) is 0. The predicted octanol–water partition coefficient (Wildman–Crippen LogP) is -0.240. The third kappa shape index (κ3) is 4.38. The van der Waals surface area contributed by atoms with Gasteiger partial charge in [-0.2, -0.15) is 11.8 Å². The summed E-state index contributed by atoms with van der Waals surface area (Å²) in [4.78, 5) is 24.7. The molecule has 4 N–H and O–H groups in total. The molecule has 1 heterocycles. The molecule has 0 spiro atoms. The molecular weight excluding hydrogens is 254 g/mol. The number of primary amides is 1. The normalized spacial score (nSPS) is 24.9. The minimum atomic E-state index is -0.827. The van der Waals surface area contributed by atoms with Crippen LogP contribution < -0.4 is 11.1 Å². The molecule has 0 radical (unpaired) electrons. The second-order valence-electron chi connectivity index (χ2n) is 4.85. The van der Waals surface area contributed by atoms with E-state index in [1.54, 1.807) is 23.6 Å². The number of nitrogens with zero attached hydrogens (tertiary/aromatic N) is 1. The van der Waals surface area contributed by atoms with Crippen molar-refractivity contribution in [1.29, 1.82) is 0 Å². The highest BCUT2D eigenvalue weighted by atomic mass is 32.2. The van der Waals surface area contributed by atoms with Gasteiger partial charge in [-0.25, -0.2) is 4.79 Å². The molecule has 1 aliphatic heterocycles. The molecule has 0 aliphatic carbocycles. The fourth-order valence-electron chi connectivity index (χ4n) is 2.02. The quantitative estimate of drug-likeness (QED) is 0.645. The Labute approximate surface area is 111 Å². The first-order chi connectivity index (χ1) is 8.35. The van der Waals surface area contributed by atoms with Crippen LogP contribution in [0.1, 0.15) is 19.8 Å². The van der Waals surface area contributed by atoms with Gasteiger partial charge in [-0.1, -0.05) is 0 Å². The third-order valence-electron chi connectivity index (χ3n) is 2.99. The summed E-state index contributed by atoms with van der Waals surface area (Å²) in [5.41, 5.74) is 4.25. The van der Waals surface area contributed by atoms with Crippen LogP contribution >= 0.6 is 11.8 Å². The van der Waals surface area contributed by atoms with E-state index in [2.05, 4.69) is 5.32 Å². The van der Waals surface area contributed by atoms with E-state index in [-0.39, 0.29) is 5.91 Å². The first kappa shape index (κ1) is 15.1. The summed E-state index contributed by atoms with van der Waals surface area (Å²) in [6, 6.07) is -1.29. The van der Waals surface area contributed by atoms with Gasteiger partial charge in [-0.05, 0) is 31.8 Å². The van der Waals surface area contributed by atoms with Gasteiger partial charge in [0.25, 0.3) is 0 Å². The van der Waals surface area contributed by atoms with Gasteiger partial charge in [0, 0.05) is 13.1 Å². The van der Waals surface area contributed by atoms with Crippen molar-refractivity contribution in [2.45, 2.75) is 31.4 Å². The van der Waals surface area contributed by atoms with Crippen LogP contribution in [-0.2, 0) is 4.79 Å². The molecule has 1 aliphatic rings. The molecule has 1 rings (SSSR count). The number of carbonyl (C=O) groups excluding carboxylic acids is 2. The first-order valence-electron chi connectivity index (χ1n) is 5.92. The number of thioether (sulfide) groups is 1. The summed E-state index contributed by atoms with van der Waals surface area (Å²) in [5, 5.41) is 12.3. The average molecular weight is 275 g/mol. The molecule has 2 unspecified atom stereocenters. The molecule has 3 amide bonds. The standard InChI is InChI=1S/C11H21N3O3S/c1-11(17)4-5-14(7-11)9(15)8(3-6-18-2)13-10(12)16/h8,17H,3-7H2,1-2H3,(H3,12,13,16). The van der Waals surface area contributed by atoms with Crippen molar-refractivity contribution in [1.82, 2.24) is 10.2 Å². The Morgan fingerprint density at radius 1 is 1.61 bits per heavy atom. The maximum absolute atomic E-state index is 12.2. The Morgan fingerprint density at radius 2 is 2.28 bits per heavy atom. The number of nitrogens with one attached hydrogen (secondary N) is 1. The number of urea groups is 1. The SMILES string of the molecule is CSCCC(NC(N)=O)C(=O)N1CCC(C)(O)C1. The van der Waals surface area contributed by atoms with Gasteiger partial charge in [-0.3, -0.25) is 4.79 Å². The summed E-state index contributed by atoms with van der Waals surface area (Å²) in [6.07, 6.45) is 3.04. The van der Waals surface area contributed by atoms with Crippen LogP contribution in [0.5, 0.6) is 0 Å². The number of nitrogens with two attached hydrogens (primary N) is 1. The molecule has 0 saturated carbocycles. The van der Waals surface area contributed by atoms with Gasteiger partial charge in [0.2, 0.25) is 5.91 Å². The largest absolute Gasteiger partial charge is 0.388 e. The third-order valence-corrected chi connectivity index (χ3v) is 3.63. The van der Waals surface area contributed by atoms with Crippen LogP contribution in [0.25, 0.3) is 0 Å². The Balaban J connectivity index is 2.61. The van der Waals surface area contributed by atoms with Crippen molar-refractivity contribution < 1.29 is 14.7 Å². The molecule has 18 heavy (non-hydrogen) atoms. The van der Waals surface area contributed by atoms with Gasteiger partial charge in [0.1, 0.15) is 6.04 Å². The summed E-state index contributed by atoms with van der Waals surface area (Å²) in [5.74, 6) is 0.599. The average Bonchev–Trinajstić information content (AvgIpc) is 2.63. The van der Waals surface area contributed by atoms with Gasteiger partial charge in [0.15, 0.2) is 0 Å². The lowest BCUT2D eigenvalue weighted by Gasteiger charge is -2.24. The van der Waals surface area contributed by atoms with E-state index in [1.165, 1.54) is 0 Å². The highest BCUT2D eigenvalue weighted by Crippen LogP contribution is 2.21. The maximum atomic E-state index is 12.2. The molecule has 7 heteroatoms. The molecule has 6 nitrogen and oxygen atoms in total. The molecule has 0 aromatic carbocycles. The van der Waals surface area contributed by atoms with Crippen molar-refractivity contribution in [2.24, 2.45) is 5.73 Å². The van der Waals surface area contributed by atoms with E-state index >= 15 is 0 Å². The Kier molecular flexibility index (Phi) is 5.28. The lowest BCUT2D eigenvalue weighted by molar-refractivity contribution is -0.133. The number of carbonyl (C=O) groups is 2. The first-order valence-corrected chi connectivity index (χ1v) is 7.31. The molecule has 1 fully saturated rings. The molecule has 0 aromatic heterocycles. The second kappa shape index (κ2) is 6.29. The van der Waals surface area contributed by atoms with Crippen molar-refractivity contribution in [2.75, 3.05) is 25.1 Å². The zero-order valence-electron chi connectivity index (χ0n) is 10.8. The van der Waals surface area contributed by atoms with E-state index < -0.39 is 17.7 Å². The van der Waals surface area contributed by atoms with Crippen LogP contribution in [0.3, 0.4) is 0 Å². The van der Waals surface area contributed by atoms with Gasteiger partial charge < -0.3 is 21.1 Å². The zero-order chi connectivity index (χ0) is 13.8. The number of rotatable bonds is 5. The number of hydrogen-bond acceptors (Lipinski definition) is 4. The van der Waals surface area contributed by atoms with Gasteiger partial charge in [-0.15, -0.1) is 0 Å². The van der Waals surface area contributed by atoms with Crippen LogP contribution in [0.4, 0.5) is 4.79 Å². The Hall–Kier alpha value is -0.950. The van der Waals surface area contributed by atoms with Crippen molar-refractivity contribution in [3.05, 3.63) is 0 Å². The second-order valence-corrected chi connectivity index (χ2v) is 5.83. The summed E-state index contributed by atoms with van der Waals surface area (Å²) < 4.78 is 0. The van der Waals surface area contributed by atoms with Crippen LogP contribution in [-0.4, -0.2) is 58.7 Å². The summed E-state index contributed by atoms with van der Waals surface area (Å²) >= 11 is 1.60. The minimum absolute atomic E-state index is 0.166. The maximum Gasteiger partial charge on any atom is 0.312 e. The van der Waals surface area contributed by atoms with Gasteiger partial charge in [0.05, 0.1) is 5.60 Å². The smallest absolute Gasteiger partial charge is 0.312 e. The fourth-order valence-corrected chi connectivity index (χ4v) is 2.49. The summed E-state index contributed by atoms with van der Waals surface area (Å²) in [6.45, 7) is 2.53. The van der Waals surface area contributed by atoms with Crippen molar-refractivity contribution in [3.8, 4) is 0 Å². The topological polar surface area (TPSA) is 95.7 Å². The van der Waals surface area contributed by atoms with Crippen molar-refractivity contribution >= 4 is 23.7 Å². The van der Waals surface area contributed by atoms with E-state index in [0.29, 0.717) is 25.9 Å². The number of aliphatic hydroxyl groups is 1. The van der Waals surface area contributed by atoms with E-state index in [0.717, 1.165) is 5.75 Å². The Bertz CT molecular complexity index is 323. The van der Waals surface area contributed by atoms with E-state index in [4.69, 9.17) is 5.73 Å². The van der Waals surface area contributed by atoms with Crippen LogP contribution in [0, 0.1) is 0 Å². The number of hydrogen-bond donors (Lipinski definition) is 3. The fraction of sp³-hybridized carbons (Fsp3) is 0.818. The molecular formula is C11H21N3O3S. The Morgan fingerprint density at radius 3 is 2.72 bits per heavy atom. The highest BCUT2D eigenvalue weighted by molar-refractivity contribution is 7.98. The van der Waals surface area contributed by atoms with E-state index in [9.17, 15) is 14.7 Å². The lowest BCUT2D eigenvalue weighted by atomic mass is 10.1. The number of β-amino-alcohol motifs (C(OH)–C–C–N with tert-alkyl or cyclic N) is 1. The monoisotopic (exact) mass is 275 g/mol. The number of likely N-dealkylation sites (tertiary alicyclic amines) is 1. The van der Waals surface area contributed by atoms with Crippen LogP contribution in [0.2, 0.25) is 0 Å². The molecule has 2 atom stereocenters. The van der Waals surface area contributed by atoms with Crippen LogP contribution in [0.15, 0.2) is 0 Å². The minimum Gasteiger partial charge on any atom is -0.388 e. The molecule has 104 valence electrons. The highest BCUT2D eigenvalue weighted by Gasteiger charge is 2.36. The van der Waals surface area contributed by atoms with E-state index in [1.807, 2.05) is 6.26 Å². The zero-order valence-corrected chi connectivity index (χ0v) is 11.6. The lowest BCUT2D eigenvalue weighted by Crippen LogP contribution is -2.50. The van der Waals surface area contributed by atoms with Crippen molar-refractivity contribution in [3.63, 3.8) is 0 Å². The molecule has 0 bridgehead atoms. The predicted molar refractivity (Wildman–Crippen MR) is 71.3 cm³/mol. The molecule has 0 aromatic rings. The molecule has 1 saturated heterocycles. The number of amides is 3. The van der Waals surface area contributed by atoms with Gasteiger partial charge >= 0.3 is 6.03 Å².